The normalized spacial score (nSPS) is 15.1. The van der Waals surface area contributed by atoms with Crippen LogP contribution in [-0.2, 0) is 52.4 Å². The van der Waals surface area contributed by atoms with Crippen molar-refractivity contribution < 1.29 is 28.6 Å². The zero-order chi connectivity index (χ0) is 37.9. The van der Waals surface area contributed by atoms with Crippen LogP contribution in [0.2, 0.25) is 0 Å². The van der Waals surface area contributed by atoms with E-state index < -0.39 is 17.5 Å². The minimum Gasteiger partial charge on any atom is -0.456 e. The summed E-state index contributed by atoms with van der Waals surface area (Å²) in [5, 5.41) is 0. The maximum absolute atomic E-state index is 13.6. The second kappa shape index (κ2) is 15.0. The second-order valence-corrected chi connectivity index (χ2v) is 13.9. The molecular weight excluding hydrogens is 693 g/mol. The Bertz CT molecular complexity index is 2360. The molecule has 55 heavy (non-hydrogen) atoms. The van der Waals surface area contributed by atoms with Crippen LogP contribution in [-0.4, -0.2) is 51.7 Å². The van der Waals surface area contributed by atoms with Crippen molar-refractivity contribution in [2.45, 2.75) is 38.1 Å². The van der Waals surface area contributed by atoms with Crippen molar-refractivity contribution in [3.8, 4) is 17.2 Å². The van der Waals surface area contributed by atoms with Gasteiger partial charge in [0.2, 0.25) is 5.91 Å². The van der Waals surface area contributed by atoms with Crippen LogP contribution >= 0.6 is 0 Å². The monoisotopic (exact) mass is 730 g/mol. The van der Waals surface area contributed by atoms with Crippen molar-refractivity contribution in [1.82, 2.24) is 19.8 Å². The lowest BCUT2D eigenvalue weighted by Gasteiger charge is -2.37. The van der Waals surface area contributed by atoms with Crippen molar-refractivity contribution in [3.05, 3.63) is 184 Å². The summed E-state index contributed by atoms with van der Waals surface area (Å²) < 4.78 is 18.8. The van der Waals surface area contributed by atoms with Gasteiger partial charge >= 0.3 is 11.9 Å². The molecule has 1 spiro atoms. The Labute approximate surface area is 319 Å². The number of rotatable bonds is 11. The number of para-hydroxylation sites is 1. The first-order valence-electron chi connectivity index (χ1n) is 18.1. The molecule has 10 heteroatoms. The Hall–Kier alpha value is -6.65. The smallest absolute Gasteiger partial charge is 0.340 e. The van der Waals surface area contributed by atoms with Crippen molar-refractivity contribution >= 4 is 17.8 Å². The number of nitrogens with zero attached hydrogens (tertiary/aromatic N) is 4. The summed E-state index contributed by atoms with van der Waals surface area (Å²) in [4.78, 5) is 52.3. The maximum Gasteiger partial charge on any atom is 0.340 e. The molecule has 0 N–H and O–H groups in total. The van der Waals surface area contributed by atoms with Crippen LogP contribution in [0.15, 0.2) is 134 Å². The quantitative estimate of drug-likeness (QED) is 0.103. The van der Waals surface area contributed by atoms with E-state index in [0.717, 1.165) is 22.5 Å². The van der Waals surface area contributed by atoms with E-state index in [1.54, 1.807) is 44.7 Å². The number of pyridine rings is 2. The average Bonchev–Trinajstić information content (AvgIpc) is 3.48. The van der Waals surface area contributed by atoms with Crippen LogP contribution in [0.3, 0.4) is 0 Å². The van der Waals surface area contributed by atoms with Gasteiger partial charge in [0, 0.05) is 68.4 Å². The van der Waals surface area contributed by atoms with Crippen LogP contribution in [0, 0.1) is 0 Å². The summed E-state index contributed by atoms with van der Waals surface area (Å²) in [6.07, 6.45) is 3.69. The molecule has 0 aliphatic carbocycles. The standard InChI is InChI=1S/C45H38N4O6/c1-48(2)42(50)25-30-17-19-37-40(23-30)53-41-24-31(18-20-38(41)45(37)36-15-5-4-14-35(36)44(52)55-45)26-43(51)54-39-16-6-3-11-32(39)27-49(28-33-12-7-9-21-46-33)29-34-13-8-10-22-47-34/h3-24H,25-29H2,1-2H3. The van der Waals surface area contributed by atoms with Crippen molar-refractivity contribution in [2.75, 3.05) is 14.1 Å². The number of esters is 2. The highest BCUT2D eigenvalue weighted by molar-refractivity contribution is 5.97. The first kappa shape index (κ1) is 35.4. The molecule has 6 aromatic rings. The number of ether oxygens (including phenoxy) is 3. The van der Waals surface area contributed by atoms with E-state index in [0.29, 0.717) is 64.7 Å². The summed E-state index contributed by atoms with van der Waals surface area (Å²) in [5.41, 5.74) is 5.29. The van der Waals surface area contributed by atoms with E-state index in [-0.39, 0.29) is 18.7 Å². The van der Waals surface area contributed by atoms with Gasteiger partial charge in [-0.15, -0.1) is 0 Å². The van der Waals surface area contributed by atoms with E-state index in [2.05, 4.69) is 14.9 Å². The number of carbonyl (C=O) groups is 3. The fourth-order valence-corrected chi connectivity index (χ4v) is 7.23. The zero-order valence-electron chi connectivity index (χ0n) is 30.5. The molecule has 0 radical (unpaired) electrons. The van der Waals surface area contributed by atoms with Crippen LogP contribution in [0.5, 0.6) is 17.2 Å². The largest absolute Gasteiger partial charge is 0.456 e. The van der Waals surface area contributed by atoms with Gasteiger partial charge in [0.1, 0.15) is 17.2 Å². The molecule has 0 fully saturated rings. The number of hydrogen-bond acceptors (Lipinski definition) is 9. The molecule has 0 bridgehead atoms. The number of aromatic nitrogens is 2. The average molecular weight is 731 g/mol. The van der Waals surface area contributed by atoms with E-state index in [9.17, 15) is 14.4 Å². The SMILES string of the molecule is CN(C)C(=O)Cc1ccc2c(c1)Oc1cc(CC(=O)Oc3ccccc3CN(Cc3ccccn3)Cc3ccccn3)ccc1C21OC(=O)c2ccccc21. The maximum atomic E-state index is 13.6. The van der Waals surface area contributed by atoms with E-state index in [1.165, 1.54) is 4.90 Å². The molecule has 0 saturated heterocycles. The highest BCUT2D eigenvalue weighted by Crippen LogP contribution is 2.56. The van der Waals surface area contributed by atoms with Gasteiger partial charge < -0.3 is 19.1 Å². The number of benzene rings is 4. The molecule has 2 aromatic heterocycles. The van der Waals surface area contributed by atoms with Gasteiger partial charge in [0.15, 0.2) is 5.60 Å². The molecule has 1 unspecified atom stereocenters. The topological polar surface area (TPSA) is 111 Å². The van der Waals surface area contributed by atoms with Crippen molar-refractivity contribution in [3.63, 3.8) is 0 Å². The van der Waals surface area contributed by atoms with Crippen LogP contribution in [0.4, 0.5) is 0 Å². The number of hydrogen-bond donors (Lipinski definition) is 0. The molecule has 274 valence electrons. The molecule has 2 aliphatic rings. The van der Waals surface area contributed by atoms with Gasteiger partial charge in [-0.3, -0.25) is 24.5 Å². The van der Waals surface area contributed by atoms with Crippen LogP contribution in [0.25, 0.3) is 0 Å². The first-order chi connectivity index (χ1) is 26.8. The number of carbonyl (C=O) groups excluding carboxylic acids is 3. The minimum absolute atomic E-state index is 0.0375. The number of fused-ring (bicyclic) bond motifs is 6. The third-order valence-electron chi connectivity index (χ3n) is 9.86. The van der Waals surface area contributed by atoms with E-state index >= 15 is 0 Å². The lowest BCUT2D eigenvalue weighted by molar-refractivity contribution is -0.133. The zero-order valence-corrected chi connectivity index (χ0v) is 30.5. The molecule has 4 aromatic carbocycles. The second-order valence-electron chi connectivity index (χ2n) is 13.9. The molecule has 4 heterocycles. The van der Waals surface area contributed by atoms with Gasteiger partial charge in [0.05, 0.1) is 29.8 Å². The lowest BCUT2D eigenvalue weighted by Crippen LogP contribution is -2.33. The van der Waals surface area contributed by atoms with E-state index in [1.807, 2.05) is 103 Å². The third-order valence-corrected chi connectivity index (χ3v) is 9.86. The lowest BCUT2D eigenvalue weighted by atomic mass is 9.77. The Balaban J connectivity index is 1.06. The van der Waals surface area contributed by atoms with Gasteiger partial charge in [-0.25, -0.2) is 4.79 Å². The van der Waals surface area contributed by atoms with Crippen molar-refractivity contribution in [2.24, 2.45) is 0 Å². The highest BCUT2D eigenvalue weighted by Gasteiger charge is 2.53. The summed E-state index contributed by atoms with van der Waals surface area (Å²) in [6.45, 7) is 1.65. The molecule has 2 aliphatic heterocycles. The molecule has 10 nitrogen and oxygen atoms in total. The van der Waals surface area contributed by atoms with E-state index in [4.69, 9.17) is 14.2 Å². The Morgan fingerprint density at radius 3 is 1.91 bits per heavy atom. The predicted octanol–water partition coefficient (Wildman–Crippen LogP) is 7.03. The fraction of sp³-hybridized carbons (Fsp3) is 0.178. The first-order valence-corrected chi connectivity index (χ1v) is 18.1. The van der Waals surface area contributed by atoms with Crippen LogP contribution < -0.4 is 9.47 Å². The number of amides is 1. The molecule has 1 atom stereocenters. The predicted molar refractivity (Wildman–Crippen MR) is 204 cm³/mol. The van der Waals surface area contributed by atoms with Gasteiger partial charge in [-0.2, -0.15) is 0 Å². The summed E-state index contributed by atoms with van der Waals surface area (Å²) in [6, 6.07) is 37.6. The molecule has 8 rings (SSSR count). The van der Waals surface area contributed by atoms with Crippen molar-refractivity contribution in [1.29, 1.82) is 0 Å². The highest BCUT2D eigenvalue weighted by atomic mass is 16.6. The Morgan fingerprint density at radius 1 is 0.673 bits per heavy atom. The summed E-state index contributed by atoms with van der Waals surface area (Å²) in [5.74, 6) is 0.442. The van der Waals surface area contributed by atoms with Gasteiger partial charge in [-0.05, 0) is 59.7 Å². The van der Waals surface area contributed by atoms with Gasteiger partial charge in [0.25, 0.3) is 0 Å². The minimum atomic E-state index is -1.27. The third kappa shape index (κ3) is 7.19. The Kier molecular flexibility index (Phi) is 9.65. The van der Waals surface area contributed by atoms with Crippen LogP contribution in [0.1, 0.15) is 55.1 Å². The number of likely N-dealkylation sites (N-methyl/N-ethyl adjacent to an activating group) is 1. The fourth-order valence-electron chi connectivity index (χ4n) is 7.23. The molecular formula is C45H38N4O6. The molecule has 0 saturated carbocycles. The molecule has 1 amide bonds. The van der Waals surface area contributed by atoms with Gasteiger partial charge in [-0.1, -0.05) is 72.8 Å². The summed E-state index contributed by atoms with van der Waals surface area (Å²) in [7, 11) is 3.43. The summed E-state index contributed by atoms with van der Waals surface area (Å²) >= 11 is 0. The Morgan fingerprint density at radius 2 is 1.27 bits per heavy atom.